The molecule has 2 fully saturated rings. The van der Waals surface area contributed by atoms with Gasteiger partial charge in [0.05, 0.1) is 6.10 Å². The molecule has 0 saturated carbocycles. The lowest BCUT2D eigenvalue weighted by Crippen LogP contribution is -2.25. The summed E-state index contributed by atoms with van der Waals surface area (Å²) in [4.78, 5) is 6.38. The van der Waals surface area contributed by atoms with Gasteiger partial charge in [-0.05, 0) is 12.1 Å². The van der Waals surface area contributed by atoms with Crippen LogP contribution in [0.25, 0.3) is 0 Å². The molecule has 2 aliphatic heterocycles. The highest BCUT2D eigenvalue weighted by atomic mass is 32.2. The van der Waals surface area contributed by atoms with E-state index in [1.807, 2.05) is 36.3 Å². The van der Waals surface area contributed by atoms with Crippen molar-refractivity contribution in [3.05, 3.63) is 24.5 Å². The van der Waals surface area contributed by atoms with Crippen LogP contribution in [0.4, 0.5) is 5.69 Å². The number of nitrogens with zero attached hydrogens (tertiary/aromatic N) is 2. The lowest BCUT2D eigenvalue weighted by Gasteiger charge is -2.19. The number of hydrogen-bond acceptors (Lipinski definition) is 4. The van der Waals surface area contributed by atoms with E-state index in [9.17, 15) is 5.11 Å². The first kappa shape index (κ1) is 9.48. The minimum absolute atomic E-state index is 0.105. The Balaban J connectivity index is 1.77. The summed E-state index contributed by atoms with van der Waals surface area (Å²) in [7, 11) is 0. The Morgan fingerprint density at radius 2 is 2.13 bits per heavy atom. The van der Waals surface area contributed by atoms with Crippen molar-refractivity contribution in [2.24, 2.45) is 5.92 Å². The Kier molecular flexibility index (Phi) is 2.33. The monoisotopic (exact) mass is 222 g/mol. The van der Waals surface area contributed by atoms with Gasteiger partial charge in [-0.2, -0.15) is 11.8 Å². The molecule has 0 radical (unpaired) electrons. The minimum Gasteiger partial charge on any atom is -0.392 e. The van der Waals surface area contributed by atoms with Crippen molar-refractivity contribution in [2.75, 3.05) is 23.7 Å². The zero-order valence-corrected chi connectivity index (χ0v) is 9.23. The molecule has 1 N–H and O–H groups in total. The summed E-state index contributed by atoms with van der Waals surface area (Å²) in [6.07, 6.45) is 3.55. The minimum atomic E-state index is -0.105. The maximum Gasteiger partial charge on any atom is 0.0687 e. The smallest absolute Gasteiger partial charge is 0.0687 e. The highest BCUT2D eigenvalue weighted by molar-refractivity contribution is 8.00. The van der Waals surface area contributed by atoms with E-state index < -0.39 is 0 Å². The predicted molar refractivity (Wildman–Crippen MR) is 62.2 cm³/mol. The lowest BCUT2D eigenvalue weighted by atomic mass is 10.0. The van der Waals surface area contributed by atoms with Crippen LogP contribution < -0.4 is 4.90 Å². The Hall–Kier alpha value is -0.740. The molecule has 1 aromatic heterocycles. The van der Waals surface area contributed by atoms with Crippen molar-refractivity contribution in [1.29, 1.82) is 0 Å². The first-order valence-corrected chi connectivity index (χ1v) is 6.34. The standard InChI is InChI=1S/C11H14N2OS/c14-10-7-15-11-6-13(5-9(10)11)8-1-3-12-4-2-8/h1-4,9-11,14H,5-7H2. The molecule has 1 aromatic rings. The van der Waals surface area contributed by atoms with Crippen molar-refractivity contribution in [3.8, 4) is 0 Å². The molecular weight excluding hydrogens is 208 g/mol. The fourth-order valence-electron chi connectivity index (χ4n) is 2.46. The molecule has 2 saturated heterocycles. The van der Waals surface area contributed by atoms with Gasteiger partial charge in [-0.3, -0.25) is 4.98 Å². The quantitative estimate of drug-likeness (QED) is 0.769. The van der Waals surface area contributed by atoms with E-state index in [-0.39, 0.29) is 6.10 Å². The molecule has 0 spiro atoms. The number of aliphatic hydroxyl groups is 1. The van der Waals surface area contributed by atoms with Crippen LogP contribution >= 0.6 is 11.8 Å². The molecular formula is C11H14N2OS. The highest BCUT2D eigenvalue weighted by Gasteiger charge is 2.42. The van der Waals surface area contributed by atoms with Crippen molar-refractivity contribution >= 4 is 17.4 Å². The zero-order chi connectivity index (χ0) is 10.3. The average molecular weight is 222 g/mol. The average Bonchev–Trinajstić information content (AvgIpc) is 2.83. The number of anilines is 1. The van der Waals surface area contributed by atoms with Gasteiger partial charge >= 0.3 is 0 Å². The van der Waals surface area contributed by atoms with Gasteiger partial charge < -0.3 is 10.0 Å². The molecule has 3 atom stereocenters. The molecule has 15 heavy (non-hydrogen) atoms. The van der Waals surface area contributed by atoms with E-state index in [0.717, 1.165) is 18.8 Å². The number of rotatable bonds is 1. The Bertz CT molecular complexity index is 346. The van der Waals surface area contributed by atoms with Gasteiger partial charge in [0.25, 0.3) is 0 Å². The molecule has 0 aliphatic carbocycles. The van der Waals surface area contributed by atoms with E-state index in [0.29, 0.717) is 11.2 Å². The van der Waals surface area contributed by atoms with Crippen molar-refractivity contribution in [3.63, 3.8) is 0 Å². The fraction of sp³-hybridized carbons (Fsp3) is 0.545. The van der Waals surface area contributed by atoms with Crippen LogP contribution in [0.2, 0.25) is 0 Å². The first-order chi connectivity index (χ1) is 7.34. The van der Waals surface area contributed by atoms with Gasteiger partial charge in [0.15, 0.2) is 0 Å². The molecule has 0 bridgehead atoms. The topological polar surface area (TPSA) is 36.4 Å². The molecule has 3 unspecified atom stereocenters. The van der Waals surface area contributed by atoms with Gasteiger partial charge in [-0.1, -0.05) is 0 Å². The maximum atomic E-state index is 9.80. The molecule has 2 aliphatic rings. The second-order valence-electron chi connectivity index (χ2n) is 4.21. The van der Waals surface area contributed by atoms with Crippen LogP contribution in [0.3, 0.4) is 0 Å². The Labute approximate surface area is 93.5 Å². The molecule has 3 rings (SSSR count). The second-order valence-corrected chi connectivity index (χ2v) is 5.49. The molecule has 3 heterocycles. The van der Waals surface area contributed by atoms with E-state index >= 15 is 0 Å². The SMILES string of the molecule is OC1CSC2CN(c3ccncc3)CC12. The maximum absolute atomic E-state index is 9.80. The molecule has 3 nitrogen and oxygen atoms in total. The van der Waals surface area contributed by atoms with Crippen LogP contribution in [0, 0.1) is 5.92 Å². The number of hydrogen-bond donors (Lipinski definition) is 1. The van der Waals surface area contributed by atoms with Crippen LogP contribution in [-0.4, -0.2) is 40.3 Å². The third-order valence-electron chi connectivity index (χ3n) is 3.31. The lowest BCUT2D eigenvalue weighted by molar-refractivity contribution is 0.152. The molecule has 0 aromatic carbocycles. The number of aliphatic hydroxyl groups excluding tert-OH is 1. The Morgan fingerprint density at radius 1 is 1.33 bits per heavy atom. The summed E-state index contributed by atoms with van der Waals surface area (Å²) in [5.41, 5.74) is 1.23. The Morgan fingerprint density at radius 3 is 2.87 bits per heavy atom. The van der Waals surface area contributed by atoms with E-state index in [1.165, 1.54) is 5.69 Å². The number of pyridine rings is 1. The summed E-state index contributed by atoms with van der Waals surface area (Å²) >= 11 is 1.91. The normalized spacial score (nSPS) is 34.5. The van der Waals surface area contributed by atoms with Crippen molar-refractivity contribution < 1.29 is 5.11 Å². The summed E-state index contributed by atoms with van der Waals surface area (Å²) < 4.78 is 0. The van der Waals surface area contributed by atoms with Gasteiger partial charge in [-0.25, -0.2) is 0 Å². The van der Waals surface area contributed by atoms with E-state index in [1.54, 1.807) is 0 Å². The largest absolute Gasteiger partial charge is 0.392 e. The van der Waals surface area contributed by atoms with Crippen LogP contribution in [0.5, 0.6) is 0 Å². The van der Waals surface area contributed by atoms with Crippen molar-refractivity contribution in [2.45, 2.75) is 11.4 Å². The second kappa shape index (κ2) is 3.68. The third-order valence-corrected chi connectivity index (χ3v) is 4.77. The predicted octanol–water partition coefficient (Wildman–Crippen LogP) is 0.994. The number of thioether (sulfide) groups is 1. The van der Waals surface area contributed by atoms with Crippen LogP contribution in [0.1, 0.15) is 0 Å². The number of aromatic nitrogens is 1. The van der Waals surface area contributed by atoms with Crippen LogP contribution in [0.15, 0.2) is 24.5 Å². The van der Waals surface area contributed by atoms with E-state index in [4.69, 9.17) is 0 Å². The van der Waals surface area contributed by atoms with Crippen molar-refractivity contribution in [1.82, 2.24) is 4.98 Å². The van der Waals surface area contributed by atoms with Gasteiger partial charge in [0.2, 0.25) is 0 Å². The van der Waals surface area contributed by atoms with Gasteiger partial charge in [0.1, 0.15) is 0 Å². The fourth-order valence-corrected chi connectivity index (χ4v) is 3.95. The van der Waals surface area contributed by atoms with Gasteiger partial charge in [0, 0.05) is 48.1 Å². The molecule has 4 heteroatoms. The zero-order valence-electron chi connectivity index (χ0n) is 8.41. The summed E-state index contributed by atoms with van der Waals surface area (Å²) in [6.45, 7) is 2.05. The summed E-state index contributed by atoms with van der Waals surface area (Å²) in [5.74, 6) is 1.38. The van der Waals surface area contributed by atoms with Gasteiger partial charge in [-0.15, -0.1) is 0 Å². The third kappa shape index (κ3) is 1.62. The summed E-state index contributed by atoms with van der Waals surface area (Å²) in [6, 6.07) is 4.08. The first-order valence-electron chi connectivity index (χ1n) is 5.29. The van der Waals surface area contributed by atoms with Crippen LogP contribution in [-0.2, 0) is 0 Å². The highest BCUT2D eigenvalue weighted by Crippen LogP contribution is 2.39. The number of fused-ring (bicyclic) bond motifs is 1. The van der Waals surface area contributed by atoms with E-state index in [2.05, 4.69) is 9.88 Å². The summed E-state index contributed by atoms with van der Waals surface area (Å²) in [5, 5.41) is 10.4. The molecule has 0 amide bonds. The molecule has 80 valence electrons.